The predicted octanol–water partition coefficient (Wildman–Crippen LogP) is 12.7. The standard InChI is InChI=1S/C51H35N3O/c1-3-13-32(14-4-1)35-25-23-33-24-26-36(28-38(33)27-35)39-30-45(48-43-21-11-12-22-46(43)55-47(48)31-39)51-53-49(34-15-5-2-6-16-34)52-50(54-51)44-29-37-17-7-8-18-40(37)41-19-9-10-20-42(41)44/h1-31,49,51,53H,(H,52,54). The van der Waals surface area contributed by atoms with E-state index in [1.54, 1.807) is 0 Å². The Morgan fingerprint density at radius 2 is 1.09 bits per heavy atom. The smallest absolute Gasteiger partial charge is 0.136 e. The third kappa shape index (κ3) is 5.46. The molecule has 260 valence electrons. The zero-order chi connectivity index (χ0) is 36.3. The molecule has 0 saturated carbocycles. The van der Waals surface area contributed by atoms with Crippen LogP contribution in [0.2, 0.25) is 0 Å². The van der Waals surface area contributed by atoms with Crippen molar-refractivity contribution in [1.82, 2.24) is 10.6 Å². The SMILES string of the molecule is c1ccc(-c2ccc3ccc(-c4cc(C5NC(c6cc7ccccc7c7ccccc67)=NC(c6ccccc6)N5)c5c(c4)oc4ccccc45)cc3c2)cc1. The Bertz CT molecular complexity index is 3110. The third-order valence-corrected chi connectivity index (χ3v) is 11.1. The second kappa shape index (κ2) is 12.8. The number of nitrogens with one attached hydrogen (secondary N) is 2. The van der Waals surface area contributed by atoms with Crippen molar-refractivity contribution in [3.8, 4) is 22.3 Å². The van der Waals surface area contributed by atoms with E-state index in [0.717, 1.165) is 55.6 Å². The lowest BCUT2D eigenvalue weighted by Gasteiger charge is -2.33. The summed E-state index contributed by atoms with van der Waals surface area (Å²) in [6.45, 7) is 0. The van der Waals surface area contributed by atoms with Gasteiger partial charge in [0.25, 0.3) is 0 Å². The maximum atomic E-state index is 6.65. The topological polar surface area (TPSA) is 49.6 Å². The molecular formula is C51H35N3O. The first-order valence-electron chi connectivity index (χ1n) is 18.8. The molecule has 9 aromatic carbocycles. The molecule has 0 spiro atoms. The van der Waals surface area contributed by atoms with Crippen molar-refractivity contribution in [2.45, 2.75) is 12.3 Å². The van der Waals surface area contributed by atoms with Crippen molar-refractivity contribution >= 4 is 60.1 Å². The highest BCUT2D eigenvalue weighted by Gasteiger charge is 2.29. The Morgan fingerprint density at radius 3 is 1.89 bits per heavy atom. The summed E-state index contributed by atoms with van der Waals surface area (Å²) < 4.78 is 6.65. The summed E-state index contributed by atoms with van der Waals surface area (Å²) >= 11 is 0. The lowest BCUT2D eigenvalue weighted by molar-refractivity contribution is 0.411. The van der Waals surface area contributed by atoms with Crippen LogP contribution in [0, 0.1) is 0 Å². The van der Waals surface area contributed by atoms with Gasteiger partial charge in [-0.2, -0.15) is 0 Å². The Labute approximate surface area is 318 Å². The fourth-order valence-corrected chi connectivity index (χ4v) is 8.43. The lowest BCUT2D eigenvalue weighted by Crippen LogP contribution is -2.45. The quantitative estimate of drug-likeness (QED) is 0.175. The minimum absolute atomic E-state index is 0.290. The maximum absolute atomic E-state index is 6.65. The molecule has 0 fully saturated rings. The van der Waals surface area contributed by atoms with E-state index in [9.17, 15) is 0 Å². The summed E-state index contributed by atoms with van der Waals surface area (Å²) in [6, 6.07) is 67.0. The van der Waals surface area contributed by atoms with Crippen LogP contribution in [0.5, 0.6) is 0 Å². The van der Waals surface area contributed by atoms with Gasteiger partial charge in [-0.25, -0.2) is 4.99 Å². The fraction of sp³-hybridized carbons (Fsp3) is 0.0392. The molecule has 0 saturated heterocycles. The summed E-state index contributed by atoms with van der Waals surface area (Å²) in [5.41, 5.74) is 9.64. The summed E-state index contributed by atoms with van der Waals surface area (Å²) in [5, 5.41) is 17.2. The minimum Gasteiger partial charge on any atom is -0.456 e. The summed E-state index contributed by atoms with van der Waals surface area (Å²) in [4.78, 5) is 5.40. The van der Waals surface area contributed by atoms with E-state index in [1.165, 1.54) is 43.4 Å². The summed E-state index contributed by atoms with van der Waals surface area (Å²) in [5.74, 6) is 0.852. The molecule has 10 aromatic rings. The molecule has 1 aliphatic heterocycles. The highest BCUT2D eigenvalue weighted by Crippen LogP contribution is 2.40. The molecule has 4 heteroatoms. The average molecular weight is 706 g/mol. The van der Waals surface area contributed by atoms with Gasteiger partial charge in [-0.1, -0.05) is 152 Å². The molecule has 0 amide bonds. The van der Waals surface area contributed by atoms with Crippen molar-refractivity contribution in [1.29, 1.82) is 0 Å². The number of aliphatic imine (C=N–C) groups is 1. The number of hydrogen-bond donors (Lipinski definition) is 2. The monoisotopic (exact) mass is 705 g/mol. The number of amidine groups is 1. The largest absolute Gasteiger partial charge is 0.456 e. The van der Waals surface area contributed by atoms with Gasteiger partial charge in [-0.15, -0.1) is 0 Å². The number of furan rings is 1. The zero-order valence-electron chi connectivity index (χ0n) is 29.9. The Morgan fingerprint density at radius 1 is 0.436 bits per heavy atom. The van der Waals surface area contributed by atoms with Crippen molar-refractivity contribution in [3.63, 3.8) is 0 Å². The number of benzene rings is 9. The summed E-state index contributed by atoms with van der Waals surface area (Å²) in [6.07, 6.45) is -0.585. The Kier molecular flexibility index (Phi) is 7.35. The Balaban J connectivity index is 1.11. The molecule has 0 bridgehead atoms. The lowest BCUT2D eigenvalue weighted by atomic mass is 9.93. The first-order chi connectivity index (χ1) is 27.2. The zero-order valence-corrected chi connectivity index (χ0v) is 29.9. The van der Waals surface area contributed by atoms with Crippen LogP contribution in [-0.4, -0.2) is 5.84 Å². The van der Waals surface area contributed by atoms with Crippen LogP contribution in [0.4, 0.5) is 0 Å². The summed E-state index contributed by atoms with van der Waals surface area (Å²) in [7, 11) is 0. The van der Waals surface area contributed by atoms with Gasteiger partial charge in [-0.05, 0) is 96.5 Å². The van der Waals surface area contributed by atoms with Crippen molar-refractivity contribution in [2.75, 3.05) is 0 Å². The van der Waals surface area contributed by atoms with E-state index in [0.29, 0.717) is 0 Å². The minimum atomic E-state index is -0.295. The number of para-hydroxylation sites is 1. The molecule has 2 heterocycles. The molecule has 1 aromatic heterocycles. The van der Waals surface area contributed by atoms with Crippen molar-refractivity contribution < 1.29 is 4.42 Å². The van der Waals surface area contributed by atoms with Gasteiger partial charge >= 0.3 is 0 Å². The van der Waals surface area contributed by atoms with Gasteiger partial charge in [0.2, 0.25) is 0 Å². The van der Waals surface area contributed by atoms with E-state index in [1.807, 2.05) is 6.07 Å². The van der Waals surface area contributed by atoms with E-state index in [4.69, 9.17) is 9.41 Å². The maximum Gasteiger partial charge on any atom is 0.136 e. The first-order valence-corrected chi connectivity index (χ1v) is 18.8. The number of rotatable bonds is 5. The molecule has 2 N–H and O–H groups in total. The van der Waals surface area contributed by atoms with Crippen LogP contribution in [0.3, 0.4) is 0 Å². The van der Waals surface area contributed by atoms with E-state index >= 15 is 0 Å². The van der Waals surface area contributed by atoms with E-state index in [2.05, 4.69) is 193 Å². The van der Waals surface area contributed by atoms with Crippen molar-refractivity contribution in [3.05, 3.63) is 205 Å². The molecule has 11 rings (SSSR count). The van der Waals surface area contributed by atoms with Gasteiger partial charge in [0.05, 0.1) is 0 Å². The van der Waals surface area contributed by atoms with Crippen LogP contribution in [0.1, 0.15) is 29.0 Å². The molecule has 4 nitrogen and oxygen atoms in total. The predicted molar refractivity (Wildman–Crippen MR) is 228 cm³/mol. The molecule has 2 atom stereocenters. The second-order valence-corrected chi connectivity index (χ2v) is 14.4. The van der Waals surface area contributed by atoms with E-state index in [-0.39, 0.29) is 12.3 Å². The van der Waals surface area contributed by atoms with E-state index < -0.39 is 0 Å². The highest BCUT2D eigenvalue weighted by atomic mass is 16.3. The van der Waals surface area contributed by atoms with Gasteiger partial charge in [0.1, 0.15) is 29.3 Å². The van der Waals surface area contributed by atoms with Crippen LogP contribution in [0.25, 0.3) is 76.5 Å². The van der Waals surface area contributed by atoms with Gasteiger partial charge < -0.3 is 9.73 Å². The molecular weight excluding hydrogens is 671 g/mol. The van der Waals surface area contributed by atoms with Gasteiger partial charge in [0, 0.05) is 21.9 Å². The van der Waals surface area contributed by atoms with Crippen LogP contribution in [-0.2, 0) is 0 Å². The van der Waals surface area contributed by atoms with Crippen LogP contribution in [0.15, 0.2) is 197 Å². The molecule has 0 aliphatic carbocycles. The first kappa shape index (κ1) is 31.5. The highest BCUT2D eigenvalue weighted by molar-refractivity contribution is 6.19. The molecule has 55 heavy (non-hydrogen) atoms. The second-order valence-electron chi connectivity index (χ2n) is 14.4. The van der Waals surface area contributed by atoms with Gasteiger partial charge in [-0.3, -0.25) is 5.32 Å². The molecule has 1 aliphatic rings. The average Bonchev–Trinajstić information content (AvgIpc) is 3.64. The van der Waals surface area contributed by atoms with Crippen molar-refractivity contribution in [2.24, 2.45) is 4.99 Å². The fourth-order valence-electron chi connectivity index (χ4n) is 8.43. The van der Waals surface area contributed by atoms with Gasteiger partial charge in [0.15, 0.2) is 0 Å². The number of hydrogen-bond acceptors (Lipinski definition) is 4. The number of fused-ring (bicyclic) bond motifs is 7. The van der Waals surface area contributed by atoms with Crippen LogP contribution < -0.4 is 10.6 Å². The van der Waals surface area contributed by atoms with Crippen LogP contribution >= 0.6 is 0 Å². The number of nitrogens with zero attached hydrogens (tertiary/aromatic N) is 1. The third-order valence-electron chi connectivity index (χ3n) is 11.1. The molecule has 0 radical (unpaired) electrons. The normalized spacial score (nSPS) is 15.8. The molecule has 2 unspecified atom stereocenters. The Hall–Kier alpha value is -7.01.